The Morgan fingerprint density at radius 3 is 2.70 bits per heavy atom. The quantitative estimate of drug-likeness (QED) is 0.236. The number of guanidine groups is 1. The Morgan fingerprint density at radius 1 is 1.22 bits per heavy atom. The van der Waals surface area contributed by atoms with Gasteiger partial charge in [-0.25, -0.2) is 0 Å². The SMILES string of the molecule is CCOCc1ccccc1CNC(=NC)N1CCC(COCCOC)C1.I. The number of benzene rings is 1. The Morgan fingerprint density at radius 2 is 2.00 bits per heavy atom. The number of hydrogen-bond acceptors (Lipinski definition) is 4. The Kier molecular flexibility index (Phi) is 12.6. The highest BCUT2D eigenvalue weighted by Gasteiger charge is 2.25. The first kappa shape index (κ1) is 24.1. The van der Waals surface area contributed by atoms with E-state index < -0.39 is 0 Å². The molecule has 0 bridgehead atoms. The molecule has 1 fully saturated rings. The molecule has 1 aromatic rings. The van der Waals surface area contributed by atoms with Gasteiger partial charge in [0.1, 0.15) is 0 Å². The van der Waals surface area contributed by atoms with Crippen LogP contribution in [0.3, 0.4) is 0 Å². The Labute approximate surface area is 180 Å². The van der Waals surface area contributed by atoms with Crippen molar-refractivity contribution in [2.45, 2.75) is 26.5 Å². The van der Waals surface area contributed by atoms with Gasteiger partial charge in [0, 0.05) is 46.3 Å². The van der Waals surface area contributed by atoms with Gasteiger partial charge in [-0.3, -0.25) is 4.99 Å². The number of methoxy groups -OCH3 is 1. The summed E-state index contributed by atoms with van der Waals surface area (Å²) in [5, 5.41) is 3.50. The van der Waals surface area contributed by atoms with Gasteiger partial charge in [0.15, 0.2) is 5.96 Å². The number of rotatable bonds is 10. The van der Waals surface area contributed by atoms with Gasteiger partial charge in [-0.15, -0.1) is 24.0 Å². The van der Waals surface area contributed by atoms with Crippen molar-refractivity contribution < 1.29 is 14.2 Å². The maximum Gasteiger partial charge on any atom is 0.193 e. The third kappa shape index (κ3) is 8.33. The molecule has 7 heteroatoms. The molecule has 1 aliphatic heterocycles. The highest BCUT2D eigenvalue weighted by molar-refractivity contribution is 14.0. The largest absolute Gasteiger partial charge is 0.382 e. The van der Waals surface area contributed by atoms with E-state index in [9.17, 15) is 0 Å². The zero-order chi connectivity index (χ0) is 18.6. The molecule has 1 N–H and O–H groups in total. The van der Waals surface area contributed by atoms with E-state index in [1.54, 1.807) is 7.11 Å². The van der Waals surface area contributed by atoms with Crippen molar-refractivity contribution in [2.75, 3.05) is 53.7 Å². The summed E-state index contributed by atoms with van der Waals surface area (Å²) in [5.41, 5.74) is 2.48. The minimum atomic E-state index is 0. The maximum absolute atomic E-state index is 5.68. The highest BCUT2D eigenvalue weighted by atomic mass is 127. The van der Waals surface area contributed by atoms with Gasteiger partial charge in [0.25, 0.3) is 0 Å². The number of likely N-dealkylation sites (tertiary alicyclic amines) is 1. The Bertz CT molecular complexity index is 557. The summed E-state index contributed by atoms with van der Waals surface area (Å²) in [6.07, 6.45) is 1.13. The summed E-state index contributed by atoms with van der Waals surface area (Å²) in [5.74, 6) is 1.51. The van der Waals surface area contributed by atoms with Crippen LogP contribution in [0.1, 0.15) is 24.5 Å². The van der Waals surface area contributed by atoms with Crippen molar-refractivity contribution in [3.05, 3.63) is 35.4 Å². The Balaban J connectivity index is 0.00000364. The standard InChI is InChI=1S/C20H33N3O3.HI/c1-4-25-16-19-8-6-5-7-18(19)13-22-20(21-2)23-10-9-17(14-23)15-26-12-11-24-3;/h5-8,17H,4,9-16H2,1-3H3,(H,21,22);1H. The predicted molar refractivity (Wildman–Crippen MR) is 120 cm³/mol. The van der Waals surface area contributed by atoms with Crippen molar-refractivity contribution in [1.82, 2.24) is 10.2 Å². The molecule has 1 aromatic carbocycles. The van der Waals surface area contributed by atoms with E-state index in [1.807, 2.05) is 14.0 Å². The van der Waals surface area contributed by atoms with Crippen LogP contribution >= 0.6 is 24.0 Å². The van der Waals surface area contributed by atoms with Crippen LogP contribution in [0.2, 0.25) is 0 Å². The molecule has 2 rings (SSSR count). The van der Waals surface area contributed by atoms with Crippen molar-refractivity contribution in [3.63, 3.8) is 0 Å². The number of nitrogens with zero attached hydrogens (tertiary/aromatic N) is 2. The van der Waals surface area contributed by atoms with Gasteiger partial charge >= 0.3 is 0 Å². The fourth-order valence-corrected chi connectivity index (χ4v) is 3.14. The lowest BCUT2D eigenvalue weighted by molar-refractivity contribution is 0.0536. The van der Waals surface area contributed by atoms with Gasteiger partial charge in [-0.2, -0.15) is 0 Å². The lowest BCUT2D eigenvalue weighted by atomic mass is 10.1. The molecular weight excluding hydrogens is 457 g/mol. The van der Waals surface area contributed by atoms with Crippen LogP contribution in [0.4, 0.5) is 0 Å². The molecule has 1 heterocycles. The van der Waals surface area contributed by atoms with E-state index in [4.69, 9.17) is 14.2 Å². The number of ether oxygens (including phenoxy) is 3. The summed E-state index contributed by atoms with van der Waals surface area (Å²) in [6, 6.07) is 8.39. The zero-order valence-corrected chi connectivity index (χ0v) is 19.1. The summed E-state index contributed by atoms with van der Waals surface area (Å²) in [4.78, 5) is 6.78. The van der Waals surface area contributed by atoms with Gasteiger partial charge in [0.2, 0.25) is 0 Å². The number of nitrogens with one attached hydrogen (secondary N) is 1. The van der Waals surface area contributed by atoms with Crippen LogP contribution in [-0.4, -0.2) is 64.5 Å². The van der Waals surface area contributed by atoms with Crippen molar-refractivity contribution in [2.24, 2.45) is 10.9 Å². The molecule has 0 radical (unpaired) electrons. The van der Waals surface area contributed by atoms with Crippen LogP contribution in [0.25, 0.3) is 0 Å². The second-order valence-electron chi connectivity index (χ2n) is 6.48. The third-order valence-electron chi connectivity index (χ3n) is 4.60. The monoisotopic (exact) mass is 491 g/mol. The number of hydrogen-bond donors (Lipinski definition) is 1. The van der Waals surface area contributed by atoms with Crippen LogP contribution < -0.4 is 5.32 Å². The molecule has 1 unspecified atom stereocenters. The molecule has 0 saturated carbocycles. The van der Waals surface area contributed by atoms with E-state index in [0.29, 0.717) is 25.7 Å². The first-order valence-corrected chi connectivity index (χ1v) is 9.45. The molecule has 0 amide bonds. The van der Waals surface area contributed by atoms with Crippen LogP contribution in [-0.2, 0) is 27.4 Å². The lowest BCUT2D eigenvalue weighted by Gasteiger charge is -2.22. The fraction of sp³-hybridized carbons (Fsp3) is 0.650. The number of aliphatic imine (C=N–C) groups is 1. The average Bonchev–Trinajstić information content (AvgIpc) is 3.13. The minimum Gasteiger partial charge on any atom is -0.382 e. The van der Waals surface area contributed by atoms with E-state index >= 15 is 0 Å². The molecule has 154 valence electrons. The molecular formula is C20H34IN3O3. The third-order valence-corrected chi connectivity index (χ3v) is 4.60. The molecule has 0 spiro atoms. The summed E-state index contributed by atoms with van der Waals surface area (Å²) in [6.45, 7) is 8.24. The molecule has 27 heavy (non-hydrogen) atoms. The summed E-state index contributed by atoms with van der Waals surface area (Å²) in [7, 11) is 3.54. The summed E-state index contributed by atoms with van der Waals surface area (Å²) >= 11 is 0. The van der Waals surface area contributed by atoms with Gasteiger partial charge in [0.05, 0.1) is 26.4 Å². The smallest absolute Gasteiger partial charge is 0.193 e. The first-order valence-electron chi connectivity index (χ1n) is 9.45. The minimum absolute atomic E-state index is 0. The molecule has 1 aliphatic rings. The van der Waals surface area contributed by atoms with Crippen molar-refractivity contribution in [3.8, 4) is 0 Å². The highest BCUT2D eigenvalue weighted by Crippen LogP contribution is 2.17. The molecule has 1 atom stereocenters. The second kappa shape index (κ2) is 14.1. The van der Waals surface area contributed by atoms with Gasteiger partial charge in [-0.05, 0) is 24.5 Å². The van der Waals surface area contributed by atoms with E-state index in [1.165, 1.54) is 11.1 Å². The van der Waals surface area contributed by atoms with Gasteiger partial charge in [-0.1, -0.05) is 24.3 Å². The zero-order valence-electron chi connectivity index (χ0n) is 16.8. The van der Waals surface area contributed by atoms with Crippen LogP contribution in [0.15, 0.2) is 29.3 Å². The Hall–Kier alpha value is -0.900. The molecule has 1 saturated heterocycles. The lowest BCUT2D eigenvalue weighted by Crippen LogP contribution is -2.40. The van der Waals surface area contributed by atoms with Crippen molar-refractivity contribution in [1.29, 1.82) is 0 Å². The van der Waals surface area contributed by atoms with E-state index in [0.717, 1.165) is 45.2 Å². The normalized spacial score (nSPS) is 17.1. The van der Waals surface area contributed by atoms with E-state index in [2.05, 4.69) is 39.5 Å². The molecule has 0 aliphatic carbocycles. The summed E-state index contributed by atoms with van der Waals surface area (Å²) < 4.78 is 16.3. The predicted octanol–water partition coefficient (Wildman–Crippen LogP) is 2.90. The van der Waals surface area contributed by atoms with Crippen LogP contribution in [0, 0.1) is 5.92 Å². The fourth-order valence-electron chi connectivity index (χ4n) is 3.14. The van der Waals surface area contributed by atoms with Gasteiger partial charge < -0.3 is 24.4 Å². The second-order valence-corrected chi connectivity index (χ2v) is 6.48. The van der Waals surface area contributed by atoms with Crippen LogP contribution in [0.5, 0.6) is 0 Å². The van der Waals surface area contributed by atoms with E-state index in [-0.39, 0.29) is 24.0 Å². The molecule has 0 aromatic heterocycles. The topological polar surface area (TPSA) is 55.3 Å². The van der Waals surface area contributed by atoms with Crippen molar-refractivity contribution >= 4 is 29.9 Å². The number of halogens is 1. The maximum atomic E-state index is 5.68. The molecule has 6 nitrogen and oxygen atoms in total. The average molecular weight is 491 g/mol. The first-order chi connectivity index (χ1) is 12.8.